The molecule has 1 aromatic heterocycles. The zero-order valence-corrected chi connectivity index (χ0v) is 11.5. The van der Waals surface area contributed by atoms with E-state index in [0.29, 0.717) is 6.42 Å². The first-order chi connectivity index (χ1) is 9.20. The van der Waals surface area contributed by atoms with Crippen LogP contribution >= 0.6 is 11.3 Å². The predicted octanol–water partition coefficient (Wildman–Crippen LogP) is 3.18. The summed E-state index contributed by atoms with van der Waals surface area (Å²) in [5.41, 5.74) is 1.92. The third-order valence-electron chi connectivity index (χ3n) is 2.94. The van der Waals surface area contributed by atoms with Gasteiger partial charge in [0, 0.05) is 22.7 Å². The van der Waals surface area contributed by atoms with Gasteiger partial charge in [-0.05, 0) is 31.5 Å². The molecule has 1 heterocycles. The normalized spacial score (nSPS) is 12.6. The van der Waals surface area contributed by atoms with E-state index in [1.54, 1.807) is 23.0 Å². The Hall–Kier alpha value is -1.33. The van der Waals surface area contributed by atoms with Crippen LogP contribution in [0.2, 0.25) is 0 Å². The lowest BCUT2D eigenvalue weighted by Gasteiger charge is -2.17. The smallest absolute Gasteiger partial charge is 0.129 e. The van der Waals surface area contributed by atoms with Crippen LogP contribution in [0.4, 0.5) is 8.78 Å². The summed E-state index contributed by atoms with van der Waals surface area (Å²) >= 11 is 1.56. The van der Waals surface area contributed by atoms with Crippen molar-refractivity contribution in [1.29, 1.82) is 0 Å². The second-order valence-electron chi connectivity index (χ2n) is 4.33. The fourth-order valence-corrected chi connectivity index (χ4v) is 2.74. The van der Waals surface area contributed by atoms with E-state index in [0.717, 1.165) is 17.8 Å². The number of likely N-dealkylation sites (N-methyl/N-ethyl adjacent to an activating group) is 1. The Bertz CT molecular complexity index is 494. The summed E-state index contributed by atoms with van der Waals surface area (Å²) in [5.74, 6) is -0.959. The highest BCUT2D eigenvalue weighted by molar-refractivity contribution is 7.09. The fraction of sp³-hybridized carbons (Fsp3) is 0.357. The van der Waals surface area contributed by atoms with E-state index in [1.165, 1.54) is 18.2 Å². The molecular weight excluding hydrogens is 266 g/mol. The van der Waals surface area contributed by atoms with Crippen molar-refractivity contribution in [3.63, 3.8) is 0 Å². The van der Waals surface area contributed by atoms with Crippen molar-refractivity contribution in [1.82, 2.24) is 10.3 Å². The molecule has 2 nitrogen and oxygen atoms in total. The summed E-state index contributed by atoms with van der Waals surface area (Å²) in [6.07, 6.45) is 2.86. The molecule has 102 valence electrons. The molecule has 1 N–H and O–H groups in total. The first kappa shape index (κ1) is 14.1. The molecule has 0 bridgehead atoms. The third kappa shape index (κ3) is 3.81. The number of halogens is 2. The van der Waals surface area contributed by atoms with Crippen molar-refractivity contribution in [2.45, 2.75) is 25.8 Å². The van der Waals surface area contributed by atoms with Crippen molar-refractivity contribution in [2.24, 2.45) is 0 Å². The van der Waals surface area contributed by atoms with Gasteiger partial charge in [0.05, 0.1) is 5.51 Å². The molecule has 0 aliphatic heterocycles. The van der Waals surface area contributed by atoms with E-state index in [4.69, 9.17) is 0 Å². The van der Waals surface area contributed by atoms with Gasteiger partial charge < -0.3 is 5.32 Å². The molecule has 1 unspecified atom stereocenters. The lowest BCUT2D eigenvalue weighted by Crippen LogP contribution is -2.33. The molecule has 5 heteroatoms. The van der Waals surface area contributed by atoms with E-state index >= 15 is 0 Å². The van der Waals surface area contributed by atoms with Crippen LogP contribution in [0, 0.1) is 11.6 Å². The molecule has 1 atom stereocenters. The van der Waals surface area contributed by atoms with Gasteiger partial charge in [-0.1, -0.05) is 13.0 Å². The van der Waals surface area contributed by atoms with Crippen LogP contribution in [-0.4, -0.2) is 17.6 Å². The maximum absolute atomic E-state index is 13.7. The Morgan fingerprint density at radius 3 is 2.58 bits per heavy atom. The molecule has 0 saturated heterocycles. The minimum atomic E-state index is -0.479. The molecule has 0 spiro atoms. The number of aromatic nitrogens is 1. The first-order valence-corrected chi connectivity index (χ1v) is 7.12. The molecule has 0 aliphatic rings. The van der Waals surface area contributed by atoms with Gasteiger partial charge in [0.15, 0.2) is 0 Å². The summed E-state index contributed by atoms with van der Waals surface area (Å²) in [7, 11) is 0. The zero-order chi connectivity index (χ0) is 13.7. The van der Waals surface area contributed by atoms with E-state index in [9.17, 15) is 8.78 Å². The number of thiazole rings is 1. The van der Waals surface area contributed by atoms with Crippen molar-refractivity contribution >= 4 is 11.3 Å². The van der Waals surface area contributed by atoms with Crippen LogP contribution in [0.5, 0.6) is 0 Å². The minimum absolute atomic E-state index is 0.0110. The Balaban J connectivity index is 2.12. The number of nitrogens with one attached hydrogen (secondary N) is 1. The number of nitrogens with zero attached hydrogens (tertiary/aromatic N) is 1. The monoisotopic (exact) mass is 282 g/mol. The van der Waals surface area contributed by atoms with E-state index in [-0.39, 0.29) is 11.6 Å². The number of rotatable bonds is 6. The standard InChI is InChI=1S/C14H16F2N2S/c1-2-18-10(6-11-8-17-9-19-11)7-12-13(15)4-3-5-14(12)16/h3-5,8-10,18H,2,6-7H2,1H3. The summed E-state index contributed by atoms with van der Waals surface area (Å²) in [6, 6.07) is 4.00. The topological polar surface area (TPSA) is 24.9 Å². The minimum Gasteiger partial charge on any atom is -0.314 e. The molecule has 2 rings (SSSR count). The number of benzene rings is 1. The SMILES string of the molecule is CCNC(Cc1cncs1)Cc1c(F)cccc1F. The lowest BCUT2D eigenvalue weighted by atomic mass is 10.0. The summed E-state index contributed by atoms with van der Waals surface area (Å²) in [5, 5.41) is 3.27. The van der Waals surface area contributed by atoms with Crippen LogP contribution in [0.1, 0.15) is 17.4 Å². The zero-order valence-electron chi connectivity index (χ0n) is 10.7. The van der Waals surface area contributed by atoms with E-state index < -0.39 is 11.6 Å². The Labute approximate surface area is 115 Å². The average Bonchev–Trinajstić information content (AvgIpc) is 2.87. The quantitative estimate of drug-likeness (QED) is 0.880. The highest BCUT2D eigenvalue weighted by Crippen LogP contribution is 2.17. The van der Waals surface area contributed by atoms with Gasteiger partial charge in [-0.25, -0.2) is 8.78 Å². The maximum Gasteiger partial charge on any atom is 0.129 e. The second kappa shape index (κ2) is 6.73. The van der Waals surface area contributed by atoms with Gasteiger partial charge in [0.2, 0.25) is 0 Å². The Kier molecular flexibility index (Phi) is 4.99. The van der Waals surface area contributed by atoms with Crippen LogP contribution in [0.15, 0.2) is 29.9 Å². The molecule has 0 saturated carbocycles. The summed E-state index contributed by atoms with van der Waals surface area (Å²) in [6.45, 7) is 2.75. The Morgan fingerprint density at radius 1 is 1.26 bits per heavy atom. The van der Waals surface area contributed by atoms with Gasteiger partial charge >= 0.3 is 0 Å². The lowest BCUT2D eigenvalue weighted by molar-refractivity contribution is 0.486. The van der Waals surface area contributed by atoms with Gasteiger partial charge in [-0.15, -0.1) is 11.3 Å². The molecular formula is C14H16F2N2S. The van der Waals surface area contributed by atoms with Crippen LogP contribution in [0.25, 0.3) is 0 Å². The van der Waals surface area contributed by atoms with Gasteiger partial charge in [0.1, 0.15) is 11.6 Å². The van der Waals surface area contributed by atoms with Gasteiger partial charge in [-0.3, -0.25) is 4.98 Å². The molecule has 0 amide bonds. The molecule has 0 aliphatic carbocycles. The average molecular weight is 282 g/mol. The highest BCUT2D eigenvalue weighted by Gasteiger charge is 2.16. The molecule has 0 radical (unpaired) electrons. The molecule has 19 heavy (non-hydrogen) atoms. The van der Waals surface area contributed by atoms with E-state index in [1.807, 2.05) is 6.92 Å². The largest absolute Gasteiger partial charge is 0.314 e. The maximum atomic E-state index is 13.7. The Morgan fingerprint density at radius 2 is 2.00 bits per heavy atom. The van der Waals surface area contributed by atoms with Gasteiger partial charge in [0.25, 0.3) is 0 Å². The second-order valence-corrected chi connectivity index (χ2v) is 5.30. The molecule has 0 fully saturated rings. The summed E-state index contributed by atoms with van der Waals surface area (Å²) in [4.78, 5) is 5.13. The van der Waals surface area contributed by atoms with Gasteiger partial charge in [-0.2, -0.15) is 0 Å². The first-order valence-electron chi connectivity index (χ1n) is 6.24. The highest BCUT2D eigenvalue weighted by atomic mass is 32.1. The van der Waals surface area contributed by atoms with Crippen LogP contribution < -0.4 is 5.32 Å². The molecule has 2 aromatic rings. The van der Waals surface area contributed by atoms with Crippen molar-refractivity contribution in [3.8, 4) is 0 Å². The fourth-order valence-electron chi connectivity index (χ4n) is 2.06. The number of hydrogen-bond acceptors (Lipinski definition) is 3. The third-order valence-corrected chi connectivity index (χ3v) is 3.74. The van der Waals surface area contributed by atoms with E-state index in [2.05, 4.69) is 10.3 Å². The van der Waals surface area contributed by atoms with Crippen LogP contribution in [-0.2, 0) is 12.8 Å². The van der Waals surface area contributed by atoms with Crippen molar-refractivity contribution in [3.05, 3.63) is 52.0 Å². The van der Waals surface area contributed by atoms with Crippen molar-refractivity contribution in [2.75, 3.05) is 6.54 Å². The predicted molar refractivity (Wildman–Crippen MR) is 73.3 cm³/mol. The molecule has 1 aromatic carbocycles. The van der Waals surface area contributed by atoms with Crippen molar-refractivity contribution < 1.29 is 8.78 Å². The summed E-state index contributed by atoms with van der Waals surface area (Å²) < 4.78 is 27.3. The van der Waals surface area contributed by atoms with Crippen LogP contribution in [0.3, 0.4) is 0 Å². The number of hydrogen-bond donors (Lipinski definition) is 1.